The molecule has 2 aromatic carbocycles. The van der Waals surface area contributed by atoms with Crippen LogP contribution in [0.4, 0.5) is 5.69 Å². The minimum absolute atomic E-state index is 0.0734. The first kappa shape index (κ1) is 16.2. The van der Waals surface area contributed by atoms with Crippen molar-refractivity contribution in [1.29, 1.82) is 0 Å². The zero-order valence-electron chi connectivity index (χ0n) is 14.1. The molecular weight excluding hydrogens is 300 g/mol. The molecule has 0 aliphatic carbocycles. The summed E-state index contributed by atoms with van der Waals surface area (Å²) < 4.78 is 0. The van der Waals surface area contributed by atoms with Gasteiger partial charge in [-0.15, -0.1) is 0 Å². The Bertz CT molecular complexity index is 770. The highest BCUT2D eigenvalue weighted by Crippen LogP contribution is 2.23. The smallest absolute Gasteiger partial charge is 0.251 e. The molecule has 2 amide bonds. The summed E-state index contributed by atoms with van der Waals surface area (Å²) in [5, 5.41) is 3.04. The van der Waals surface area contributed by atoms with Crippen molar-refractivity contribution in [2.24, 2.45) is 0 Å². The molecule has 3 rings (SSSR count). The van der Waals surface area contributed by atoms with Crippen molar-refractivity contribution in [2.45, 2.75) is 32.7 Å². The molecule has 1 N–H and O–H groups in total. The zero-order valence-corrected chi connectivity index (χ0v) is 14.1. The van der Waals surface area contributed by atoms with Gasteiger partial charge in [-0.1, -0.05) is 30.3 Å². The molecule has 1 saturated heterocycles. The second kappa shape index (κ2) is 6.87. The van der Waals surface area contributed by atoms with Gasteiger partial charge in [-0.2, -0.15) is 0 Å². The van der Waals surface area contributed by atoms with E-state index in [0.29, 0.717) is 12.0 Å². The summed E-state index contributed by atoms with van der Waals surface area (Å²) in [6, 6.07) is 15.2. The third kappa shape index (κ3) is 3.32. The van der Waals surface area contributed by atoms with Crippen LogP contribution in [-0.4, -0.2) is 18.4 Å². The van der Waals surface area contributed by atoms with Crippen molar-refractivity contribution in [2.75, 3.05) is 11.4 Å². The van der Waals surface area contributed by atoms with Crippen LogP contribution in [0, 0.1) is 6.92 Å². The van der Waals surface area contributed by atoms with E-state index in [0.717, 1.165) is 29.8 Å². The number of aryl methyl sites for hydroxylation is 1. The van der Waals surface area contributed by atoms with E-state index in [-0.39, 0.29) is 17.9 Å². The van der Waals surface area contributed by atoms with E-state index < -0.39 is 0 Å². The van der Waals surface area contributed by atoms with E-state index in [4.69, 9.17) is 0 Å². The van der Waals surface area contributed by atoms with Gasteiger partial charge in [0.05, 0.1) is 6.04 Å². The predicted octanol–water partition coefficient (Wildman–Crippen LogP) is 3.61. The molecule has 1 heterocycles. The number of carbonyl (C=O) groups is 2. The van der Waals surface area contributed by atoms with Gasteiger partial charge < -0.3 is 10.2 Å². The molecule has 0 saturated carbocycles. The second-order valence-corrected chi connectivity index (χ2v) is 6.25. The Morgan fingerprint density at radius 1 is 1.17 bits per heavy atom. The lowest BCUT2D eigenvalue weighted by Crippen LogP contribution is -2.28. The van der Waals surface area contributed by atoms with Crippen molar-refractivity contribution in [3.63, 3.8) is 0 Å². The molecule has 2 aromatic rings. The summed E-state index contributed by atoms with van der Waals surface area (Å²) >= 11 is 0. The predicted molar refractivity (Wildman–Crippen MR) is 95.1 cm³/mol. The van der Waals surface area contributed by atoms with Gasteiger partial charge in [0.2, 0.25) is 5.91 Å². The highest BCUT2D eigenvalue weighted by molar-refractivity contribution is 5.99. The first-order valence-corrected chi connectivity index (χ1v) is 8.33. The van der Waals surface area contributed by atoms with Crippen molar-refractivity contribution >= 4 is 17.5 Å². The third-order valence-corrected chi connectivity index (χ3v) is 4.50. The number of hydrogen-bond donors (Lipinski definition) is 1. The Morgan fingerprint density at radius 3 is 2.67 bits per heavy atom. The number of benzene rings is 2. The molecule has 1 atom stereocenters. The summed E-state index contributed by atoms with van der Waals surface area (Å²) in [6.45, 7) is 4.75. The number of nitrogens with one attached hydrogen (secondary N) is 1. The molecule has 1 unspecified atom stereocenters. The number of anilines is 1. The second-order valence-electron chi connectivity index (χ2n) is 6.25. The standard InChI is InChI=1S/C20H22N2O2/c1-14-7-3-4-10-18(14)15(2)21-20(24)16-8-5-9-17(13-16)22-12-6-11-19(22)23/h3-5,7-10,13,15H,6,11-12H2,1-2H3,(H,21,24). The minimum atomic E-state index is -0.126. The maximum absolute atomic E-state index is 12.6. The largest absolute Gasteiger partial charge is 0.346 e. The average Bonchev–Trinajstić information content (AvgIpc) is 3.01. The first-order valence-electron chi connectivity index (χ1n) is 8.33. The minimum Gasteiger partial charge on any atom is -0.346 e. The van der Waals surface area contributed by atoms with Crippen molar-refractivity contribution < 1.29 is 9.59 Å². The fourth-order valence-electron chi connectivity index (χ4n) is 3.17. The summed E-state index contributed by atoms with van der Waals surface area (Å²) in [7, 11) is 0. The van der Waals surface area contributed by atoms with Crippen LogP contribution in [0.25, 0.3) is 0 Å². The fraction of sp³-hybridized carbons (Fsp3) is 0.300. The third-order valence-electron chi connectivity index (χ3n) is 4.50. The van der Waals surface area contributed by atoms with Gasteiger partial charge >= 0.3 is 0 Å². The molecule has 124 valence electrons. The Morgan fingerprint density at radius 2 is 1.96 bits per heavy atom. The lowest BCUT2D eigenvalue weighted by molar-refractivity contribution is -0.117. The summed E-state index contributed by atoms with van der Waals surface area (Å²) in [5.41, 5.74) is 3.64. The van der Waals surface area contributed by atoms with Gasteiger partial charge in [-0.25, -0.2) is 0 Å². The lowest BCUT2D eigenvalue weighted by Gasteiger charge is -2.19. The maximum Gasteiger partial charge on any atom is 0.251 e. The number of carbonyl (C=O) groups excluding carboxylic acids is 2. The van der Waals surface area contributed by atoms with Gasteiger partial charge in [0.1, 0.15) is 0 Å². The van der Waals surface area contributed by atoms with E-state index >= 15 is 0 Å². The number of amides is 2. The molecule has 4 nitrogen and oxygen atoms in total. The Kier molecular flexibility index (Phi) is 4.65. The maximum atomic E-state index is 12.6. The van der Waals surface area contributed by atoms with Gasteiger partial charge in [-0.05, 0) is 49.6 Å². The molecule has 4 heteroatoms. The quantitative estimate of drug-likeness (QED) is 0.935. The molecule has 24 heavy (non-hydrogen) atoms. The van der Waals surface area contributed by atoms with Crippen molar-refractivity contribution in [1.82, 2.24) is 5.32 Å². The number of hydrogen-bond acceptors (Lipinski definition) is 2. The van der Waals surface area contributed by atoms with Gasteiger partial charge in [-0.3, -0.25) is 9.59 Å². The topological polar surface area (TPSA) is 49.4 Å². The number of nitrogens with zero attached hydrogens (tertiary/aromatic N) is 1. The normalized spacial score (nSPS) is 15.4. The molecule has 1 fully saturated rings. The van der Waals surface area contributed by atoms with Crippen LogP contribution in [0.5, 0.6) is 0 Å². The molecule has 0 bridgehead atoms. The van der Waals surface area contributed by atoms with E-state index in [1.807, 2.05) is 50.2 Å². The summed E-state index contributed by atoms with van der Waals surface area (Å²) in [6.07, 6.45) is 1.46. The van der Waals surface area contributed by atoms with Crippen LogP contribution in [0.3, 0.4) is 0 Å². The van der Waals surface area contributed by atoms with E-state index in [2.05, 4.69) is 5.32 Å². The monoisotopic (exact) mass is 322 g/mol. The van der Waals surface area contributed by atoms with Gasteiger partial charge in [0.15, 0.2) is 0 Å². The van der Waals surface area contributed by atoms with Crippen LogP contribution in [0.15, 0.2) is 48.5 Å². The lowest BCUT2D eigenvalue weighted by atomic mass is 10.0. The Labute approximate surface area is 142 Å². The van der Waals surface area contributed by atoms with Gasteiger partial charge in [0.25, 0.3) is 5.91 Å². The van der Waals surface area contributed by atoms with Crippen LogP contribution in [-0.2, 0) is 4.79 Å². The summed E-state index contributed by atoms with van der Waals surface area (Å²) in [5.74, 6) is 0.0000792. The first-order chi connectivity index (χ1) is 11.6. The van der Waals surface area contributed by atoms with E-state index in [1.165, 1.54) is 0 Å². The molecule has 1 aliphatic rings. The Balaban J connectivity index is 1.76. The number of rotatable bonds is 4. The molecule has 0 aromatic heterocycles. The highest BCUT2D eigenvalue weighted by atomic mass is 16.2. The van der Waals surface area contributed by atoms with Crippen molar-refractivity contribution in [3.05, 3.63) is 65.2 Å². The van der Waals surface area contributed by atoms with E-state index in [1.54, 1.807) is 17.0 Å². The molecule has 0 spiro atoms. The average molecular weight is 322 g/mol. The van der Waals surface area contributed by atoms with Crippen LogP contribution in [0.1, 0.15) is 47.3 Å². The molecule has 1 aliphatic heterocycles. The van der Waals surface area contributed by atoms with Crippen molar-refractivity contribution in [3.8, 4) is 0 Å². The molecular formula is C20H22N2O2. The van der Waals surface area contributed by atoms with Crippen LogP contribution >= 0.6 is 0 Å². The molecule has 0 radical (unpaired) electrons. The van der Waals surface area contributed by atoms with E-state index in [9.17, 15) is 9.59 Å². The highest BCUT2D eigenvalue weighted by Gasteiger charge is 2.22. The zero-order chi connectivity index (χ0) is 17.1. The van der Waals surface area contributed by atoms with Crippen LogP contribution < -0.4 is 10.2 Å². The van der Waals surface area contributed by atoms with Crippen LogP contribution in [0.2, 0.25) is 0 Å². The Hall–Kier alpha value is -2.62. The fourth-order valence-corrected chi connectivity index (χ4v) is 3.17. The SMILES string of the molecule is Cc1ccccc1C(C)NC(=O)c1cccc(N2CCCC2=O)c1. The van der Waals surface area contributed by atoms with Gasteiger partial charge in [0, 0.05) is 24.2 Å². The summed E-state index contributed by atoms with van der Waals surface area (Å²) in [4.78, 5) is 26.2.